The van der Waals surface area contributed by atoms with Crippen molar-refractivity contribution >= 4 is 190 Å². The van der Waals surface area contributed by atoms with E-state index in [0.717, 1.165) is 88.0 Å². The fraction of sp³-hybridized carbons (Fsp3) is 0. The van der Waals surface area contributed by atoms with Gasteiger partial charge in [0.1, 0.15) is 0 Å². The molecule has 6 nitrogen and oxygen atoms in total. The van der Waals surface area contributed by atoms with Crippen molar-refractivity contribution in [1.82, 2.24) is 13.7 Å². The normalized spacial score (nSPS) is 11.6. The van der Waals surface area contributed by atoms with Gasteiger partial charge in [0.2, 0.25) is 0 Å². The molecule has 0 saturated heterocycles. The lowest BCUT2D eigenvalue weighted by Gasteiger charge is -2.17. The molecular formula is C133H80N6. The Balaban J connectivity index is 0.000000108. The fourth-order valence-corrected chi connectivity index (χ4v) is 22.2. The summed E-state index contributed by atoms with van der Waals surface area (Å²) in [7, 11) is 0. The fourth-order valence-electron chi connectivity index (χ4n) is 22.2. The largest absolute Gasteiger partial charge is 0.309 e. The molecule has 0 aliphatic heterocycles. The molecule has 3 aromatic heterocycles. The first-order valence-corrected chi connectivity index (χ1v) is 47.1. The molecule has 28 rings (SSSR count). The summed E-state index contributed by atoms with van der Waals surface area (Å²) < 4.78 is 6.96. The molecule has 25 aromatic carbocycles. The predicted molar refractivity (Wildman–Crippen MR) is 589 cm³/mol. The van der Waals surface area contributed by atoms with Crippen molar-refractivity contribution < 1.29 is 0 Å². The van der Waals surface area contributed by atoms with E-state index in [1.807, 2.05) is 42.5 Å². The first-order valence-electron chi connectivity index (χ1n) is 47.1. The van der Waals surface area contributed by atoms with Gasteiger partial charge in [0.15, 0.2) is 17.1 Å². The first-order chi connectivity index (χ1) is 68.8. The smallest absolute Gasteiger partial charge is 0.188 e. The number of aromatic nitrogens is 3. The van der Waals surface area contributed by atoms with E-state index in [4.69, 9.17) is 19.7 Å². The molecule has 0 radical (unpaired) electrons. The van der Waals surface area contributed by atoms with Gasteiger partial charge in [0.05, 0.1) is 52.8 Å². The van der Waals surface area contributed by atoms with Gasteiger partial charge in [0, 0.05) is 33.2 Å². The van der Waals surface area contributed by atoms with Gasteiger partial charge in [-0.3, -0.25) is 0 Å². The van der Waals surface area contributed by atoms with Crippen molar-refractivity contribution in [2.75, 3.05) is 0 Å². The highest BCUT2D eigenvalue weighted by atomic mass is 15.0. The number of para-hydroxylation sites is 3. The summed E-state index contributed by atoms with van der Waals surface area (Å²) >= 11 is 0. The molecule has 3 heterocycles. The van der Waals surface area contributed by atoms with Gasteiger partial charge < -0.3 is 13.7 Å². The third-order valence-electron chi connectivity index (χ3n) is 28.5. The molecule has 0 saturated carbocycles. The maximum atomic E-state index is 7.66. The van der Waals surface area contributed by atoms with Crippen molar-refractivity contribution in [2.45, 2.75) is 0 Å². The van der Waals surface area contributed by atoms with Gasteiger partial charge in [-0.25, -0.2) is 14.5 Å². The quantitative estimate of drug-likeness (QED) is 0.102. The summed E-state index contributed by atoms with van der Waals surface area (Å²) in [6.45, 7) is 22.8. The summed E-state index contributed by atoms with van der Waals surface area (Å²) in [5, 5.41) is 31.9. The number of benzene rings is 25. The lowest BCUT2D eigenvalue weighted by atomic mass is 9.86. The van der Waals surface area contributed by atoms with Crippen molar-refractivity contribution in [3.8, 4) is 83.8 Å². The summed E-state index contributed by atoms with van der Waals surface area (Å²) in [5.74, 6) is 0. The summed E-state index contributed by atoms with van der Waals surface area (Å²) in [5.41, 5.74) is 26.5. The minimum atomic E-state index is 0.652. The third-order valence-corrected chi connectivity index (χ3v) is 28.5. The molecule has 0 amide bonds. The molecule has 642 valence electrons. The molecule has 0 fully saturated rings. The van der Waals surface area contributed by atoms with E-state index >= 15 is 0 Å². The summed E-state index contributed by atoms with van der Waals surface area (Å²) in [6, 6.07) is 174. The van der Waals surface area contributed by atoms with Crippen LogP contribution in [0.1, 0.15) is 0 Å². The zero-order valence-electron chi connectivity index (χ0n) is 75.4. The molecule has 28 aromatic rings. The van der Waals surface area contributed by atoms with Crippen molar-refractivity contribution in [3.63, 3.8) is 0 Å². The molecule has 0 atom stereocenters. The zero-order chi connectivity index (χ0) is 92.3. The highest BCUT2D eigenvalue weighted by Crippen LogP contribution is 2.50. The third kappa shape index (κ3) is 13.5. The Morgan fingerprint density at radius 3 is 0.799 bits per heavy atom. The average Bonchev–Trinajstić information content (AvgIpc) is 1.73. The zero-order valence-corrected chi connectivity index (χ0v) is 75.4. The van der Waals surface area contributed by atoms with Crippen molar-refractivity contribution in [2.24, 2.45) is 0 Å². The van der Waals surface area contributed by atoms with Crippen molar-refractivity contribution in [3.05, 3.63) is 520 Å². The van der Waals surface area contributed by atoms with E-state index in [9.17, 15) is 0 Å². The van der Waals surface area contributed by atoms with Crippen LogP contribution in [0, 0.1) is 19.7 Å². The SMILES string of the molecule is [C-]#[N+]c1ccc2c(c1)c1ccc(-c3cc4c5ccccc5c(-c5cccc6ccccc56)cc4c4ccccc34)cc1n2-c1ccccc1.[C-]#[N+]c1ccc2c(c1)c1ccc(-c3cc4c5ccccc5c(-c5ccccc5)cc4c4ccccc34)cc1n2-c1ccccc1.[C-]#[N+]c1ccc2c(c1)c1ccc(-c3ccc(-c4cc5c6ccccc6ccc5c5ccccc45)cc3)cc1n2-c1ccccc1. The summed E-state index contributed by atoms with van der Waals surface area (Å²) in [6.07, 6.45) is 0. The Labute approximate surface area is 801 Å². The van der Waals surface area contributed by atoms with Gasteiger partial charge in [-0.1, -0.05) is 364 Å². The van der Waals surface area contributed by atoms with Gasteiger partial charge in [-0.2, -0.15) is 0 Å². The summed E-state index contributed by atoms with van der Waals surface area (Å²) in [4.78, 5) is 11.2. The maximum absolute atomic E-state index is 7.66. The minimum absolute atomic E-state index is 0.652. The average molecular weight is 1760 g/mol. The second-order valence-corrected chi connectivity index (χ2v) is 36.0. The second kappa shape index (κ2) is 33.3. The second-order valence-electron chi connectivity index (χ2n) is 36.0. The van der Waals surface area contributed by atoms with Crippen LogP contribution >= 0.6 is 0 Å². The molecule has 0 aliphatic rings. The van der Waals surface area contributed by atoms with Crippen LogP contribution in [0.25, 0.3) is 272 Å². The van der Waals surface area contributed by atoms with Crippen molar-refractivity contribution in [1.29, 1.82) is 0 Å². The number of fused-ring (bicyclic) bond motifs is 25. The standard InChI is InChI=1S/C47H28N2.2C43H26N2/c1-48-32-23-25-46-45(27-32)40-24-22-31(26-47(40)49(46)33-14-3-2-4-15-33)41-28-43-39-20-10-9-19-38(39)42(29-44(43)37-18-8-7-17-36(37)41)35-21-11-13-30-12-5-6-16-34(30)35;1-44-30-21-23-42-41(25-30)36-22-20-29(24-43(36)45(42)31-14-6-3-7-15-31)38-27-40-34-18-10-8-16-32(34)37(28-12-4-2-5-13-28)26-39(40)35-19-11-9-17-33(35)38;1-44-32-21-24-42-41(26-32)38-23-20-31(25-43(38)45(42)33-10-3-2-4-11-33)28-15-17-30(18-16-28)39-27-40-34-12-6-5-9-29(34)19-22-37(40)35-13-7-8-14-36(35)39/h2-29H;2*2-27H. The minimum Gasteiger partial charge on any atom is -0.309 e. The lowest BCUT2D eigenvalue weighted by molar-refractivity contribution is 1.18. The number of hydrogen-bond acceptors (Lipinski definition) is 0. The molecule has 0 bridgehead atoms. The maximum Gasteiger partial charge on any atom is 0.188 e. The Morgan fingerprint density at radius 2 is 0.396 bits per heavy atom. The van der Waals surface area contributed by atoms with E-state index in [2.05, 4.69) is 471 Å². The topological polar surface area (TPSA) is 27.9 Å². The Bertz CT molecular complexity index is 10100. The number of hydrogen-bond donors (Lipinski definition) is 0. The number of nitrogens with zero attached hydrogens (tertiary/aromatic N) is 6. The monoisotopic (exact) mass is 1760 g/mol. The van der Waals surface area contributed by atoms with Crippen LogP contribution in [0.2, 0.25) is 0 Å². The van der Waals surface area contributed by atoms with Crippen LogP contribution in [0.5, 0.6) is 0 Å². The number of rotatable bonds is 9. The predicted octanol–water partition coefficient (Wildman–Crippen LogP) is 37.5. The first kappa shape index (κ1) is 80.8. The van der Waals surface area contributed by atoms with Gasteiger partial charge >= 0.3 is 0 Å². The molecule has 0 N–H and O–H groups in total. The molecule has 0 spiro atoms. The van der Waals surface area contributed by atoms with Crippen LogP contribution in [-0.4, -0.2) is 13.7 Å². The van der Waals surface area contributed by atoms with Crippen LogP contribution < -0.4 is 0 Å². The molecule has 139 heavy (non-hydrogen) atoms. The molecule has 0 aliphatic carbocycles. The van der Waals surface area contributed by atoms with E-state index in [0.29, 0.717) is 17.1 Å². The van der Waals surface area contributed by atoms with Crippen LogP contribution in [0.15, 0.2) is 485 Å². The van der Waals surface area contributed by atoms with E-state index < -0.39 is 0 Å². The molecule has 0 unspecified atom stereocenters. The highest BCUT2D eigenvalue weighted by Gasteiger charge is 2.24. The highest BCUT2D eigenvalue weighted by molar-refractivity contribution is 6.28. The van der Waals surface area contributed by atoms with Gasteiger partial charge in [0.25, 0.3) is 0 Å². The van der Waals surface area contributed by atoms with Crippen LogP contribution in [0.3, 0.4) is 0 Å². The Hall–Kier alpha value is -19.0. The Kier molecular flexibility index (Phi) is 19.4. The molecular weight excluding hydrogens is 1680 g/mol. The van der Waals surface area contributed by atoms with E-state index in [1.54, 1.807) is 0 Å². The van der Waals surface area contributed by atoms with Crippen LogP contribution in [0.4, 0.5) is 17.1 Å². The van der Waals surface area contributed by atoms with E-state index in [-0.39, 0.29) is 0 Å². The van der Waals surface area contributed by atoms with Gasteiger partial charge in [-0.05, 0) is 312 Å². The van der Waals surface area contributed by atoms with Gasteiger partial charge in [-0.15, -0.1) is 0 Å². The Morgan fingerprint density at radius 1 is 0.129 bits per heavy atom. The van der Waals surface area contributed by atoms with E-state index in [1.165, 1.54) is 169 Å². The molecule has 6 heteroatoms. The lowest BCUT2D eigenvalue weighted by Crippen LogP contribution is -1.93. The van der Waals surface area contributed by atoms with Crippen LogP contribution in [-0.2, 0) is 0 Å².